The molecule has 2 atom stereocenters. The lowest BCUT2D eigenvalue weighted by Gasteiger charge is -2.38. The molecule has 1 aliphatic heterocycles. The fourth-order valence-corrected chi connectivity index (χ4v) is 5.63. The van der Waals surface area contributed by atoms with Gasteiger partial charge in [-0.2, -0.15) is 0 Å². The van der Waals surface area contributed by atoms with Crippen molar-refractivity contribution in [3.05, 3.63) is 57.8 Å². The zero-order valence-corrected chi connectivity index (χ0v) is 21.4. The van der Waals surface area contributed by atoms with Gasteiger partial charge in [0.1, 0.15) is 6.54 Å². The van der Waals surface area contributed by atoms with E-state index >= 15 is 0 Å². The molecule has 2 unspecified atom stereocenters. The van der Waals surface area contributed by atoms with Gasteiger partial charge in [0.05, 0.1) is 6.04 Å². The summed E-state index contributed by atoms with van der Waals surface area (Å²) in [4.78, 5) is 31.9. The molecule has 4 nitrogen and oxygen atoms in total. The van der Waals surface area contributed by atoms with Crippen molar-refractivity contribution in [3.8, 4) is 0 Å². The Morgan fingerprint density at radius 1 is 1.06 bits per heavy atom. The Morgan fingerprint density at radius 3 is 2.52 bits per heavy atom. The summed E-state index contributed by atoms with van der Waals surface area (Å²) in [6.45, 7) is 7.24. The van der Waals surface area contributed by atoms with Crippen LogP contribution in [0.25, 0.3) is 0 Å². The molecular formula is C28H40N2O2S. The van der Waals surface area contributed by atoms with Gasteiger partial charge in [-0.3, -0.25) is 9.59 Å². The number of nitrogens with zero attached hydrogens (tertiary/aromatic N) is 2. The molecule has 2 amide bonds. The first-order valence-corrected chi connectivity index (χ1v) is 13.6. The van der Waals surface area contributed by atoms with Crippen molar-refractivity contribution in [1.29, 1.82) is 0 Å². The Bertz CT molecular complexity index is 879. The molecule has 0 fully saturated rings. The Balaban J connectivity index is 1.69. The summed E-state index contributed by atoms with van der Waals surface area (Å²) < 4.78 is 0. The van der Waals surface area contributed by atoms with E-state index in [0.29, 0.717) is 13.0 Å². The Labute approximate surface area is 204 Å². The smallest absolute Gasteiger partial charge is 0.243 e. The molecule has 0 spiro atoms. The van der Waals surface area contributed by atoms with E-state index < -0.39 is 0 Å². The highest BCUT2D eigenvalue weighted by Gasteiger charge is 2.34. The van der Waals surface area contributed by atoms with E-state index in [-0.39, 0.29) is 30.4 Å². The number of unbranched alkanes of at least 4 members (excludes halogenated alkanes) is 5. The molecule has 3 rings (SSSR count). The molecule has 1 aromatic heterocycles. The first-order chi connectivity index (χ1) is 16.1. The minimum atomic E-state index is -0.0684. The lowest BCUT2D eigenvalue weighted by Crippen LogP contribution is -2.49. The van der Waals surface area contributed by atoms with Crippen molar-refractivity contribution in [3.63, 3.8) is 0 Å². The van der Waals surface area contributed by atoms with E-state index in [4.69, 9.17) is 0 Å². The maximum absolute atomic E-state index is 13.6. The number of thiophene rings is 1. The maximum atomic E-state index is 13.6. The summed E-state index contributed by atoms with van der Waals surface area (Å²) in [6, 6.07) is 12.5. The standard InChI is InChI=1S/C28H40N2O2S/c1-4-6-7-8-9-13-16-26(31)30(22(3)5-2)21-27(32)29-19-17-25-24(18-20-33-25)28(29)23-14-11-10-12-15-23/h10-12,14-15,18,20,22,28H,4-9,13,16-17,19,21H2,1-3H3. The van der Waals surface area contributed by atoms with Gasteiger partial charge in [0, 0.05) is 23.9 Å². The summed E-state index contributed by atoms with van der Waals surface area (Å²) in [5.74, 6) is 0.176. The van der Waals surface area contributed by atoms with Crippen LogP contribution in [0.5, 0.6) is 0 Å². The zero-order chi connectivity index (χ0) is 23.6. The van der Waals surface area contributed by atoms with Crippen LogP contribution in [0.3, 0.4) is 0 Å². The fraction of sp³-hybridized carbons (Fsp3) is 0.571. The van der Waals surface area contributed by atoms with Crippen molar-refractivity contribution in [2.24, 2.45) is 0 Å². The molecule has 180 valence electrons. The summed E-state index contributed by atoms with van der Waals surface area (Å²) in [5.41, 5.74) is 2.37. The molecular weight excluding hydrogens is 428 g/mol. The Hall–Kier alpha value is -2.14. The highest BCUT2D eigenvalue weighted by atomic mass is 32.1. The zero-order valence-electron chi connectivity index (χ0n) is 20.6. The number of rotatable bonds is 12. The highest BCUT2D eigenvalue weighted by Crippen LogP contribution is 2.37. The molecule has 1 aliphatic rings. The quantitative estimate of drug-likeness (QED) is 0.329. The second kappa shape index (κ2) is 12.9. The van der Waals surface area contributed by atoms with Crippen LogP contribution >= 0.6 is 11.3 Å². The number of carbonyl (C=O) groups is 2. The lowest BCUT2D eigenvalue weighted by molar-refractivity contribution is -0.143. The number of hydrogen-bond donors (Lipinski definition) is 0. The first kappa shape index (κ1) is 25.5. The van der Waals surface area contributed by atoms with Crippen LogP contribution in [-0.2, 0) is 16.0 Å². The largest absolute Gasteiger partial charge is 0.331 e. The van der Waals surface area contributed by atoms with Gasteiger partial charge in [-0.15, -0.1) is 11.3 Å². The van der Waals surface area contributed by atoms with E-state index in [1.165, 1.54) is 36.1 Å². The number of benzene rings is 1. The van der Waals surface area contributed by atoms with Gasteiger partial charge in [0.15, 0.2) is 0 Å². The first-order valence-electron chi connectivity index (χ1n) is 12.8. The van der Waals surface area contributed by atoms with Crippen LogP contribution in [0.1, 0.15) is 94.2 Å². The molecule has 1 aromatic carbocycles. The van der Waals surface area contributed by atoms with Gasteiger partial charge in [0.2, 0.25) is 11.8 Å². The predicted octanol–water partition coefficient (Wildman–Crippen LogP) is 6.60. The minimum Gasteiger partial charge on any atom is -0.331 e. The van der Waals surface area contributed by atoms with Gasteiger partial charge >= 0.3 is 0 Å². The minimum absolute atomic E-state index is 0.0531. The molecule has 0 radical (unpaired) electrons. The van der Waals surface area contributed by atoms with Crippen LogP contribution in [0, 0.1) is 0 Å². The molecule has 33 heavy (non-hydrogen) atoms. The second-order valence-electron chi connectivity index (χ2n) is 9.25. The number of amides is 2. The van der Waals surface area contributed by atoms with E-state index in [1.807, 2.05) is 28.0 Å². The van der Waals surface area contributed by atoms with Crippen LogP contribution in [-0.4, -0.2) is 40.7 Å². The number of hydrogen-bond acceptors (Lipinski definition) is 3. The van der Waals surface area contributed by atoms with E-state index in [9.17, 15) is 9.59 Å². The molecule has 0 saturated heterocycles. The summed E-state index contributed by atoms with van der Waals surface area (Å²) >= 11 is 1.78. The Kier molecular flexibility index (Phi) is 9.98. The van der Waals surface area contributed by atoms with E-state index in [1.54, 1.807) is 11.3 Å². The normalized spacial score (nSPS) is 16.3. The number of fused-ring (bicyclic) bond motifs is 1. The summed E-state index contributed by atoms with van der Waals surface area (Å²) in [5, 5.41) is 2.13. The van der Waals surface area contributed by atoms with Crippen LogP contribution < -0.4 is 0 Å². The second-order valence-corrected chi connectivity index (χ2v) is 10.2. The van der Waals surface area contributed by atoms with Gasteiger partial charge < -0.3 is 9.80 Å². The van der Waals surface area contributed by atoms with E-state index in [0.717, 1.165) is 31.2 Å². The lowest BCUT2D eigenvalue weighted by atomic mass is 9.93. The van der Waals surface area contributed by atoms with Crippen LogP contribution in [0.15, 0.2) is 41.8 Å². The van der Waals surface area contributed by atoms with Crippen molar-refractivity contribution in [2.75, 3.05) is 13.1 Å². The van der Waals surface area contributed by atoms with Crippen LogP contribution in [0.4, 0.5) is 0 Å². The molecule has 2 heterocycles. The summed E-state index contributed by atoms with van der Waals surface area (Å²) in [6.07, 6.45) is 9.23. The monoisotopic (exact) mass is 468 g/mol. The molecule has 0 N–H and O–H groups in total. The van der Waals surface area contributed by atoms with Crippen LogP contribution in [0.2, 0.25) is 0 Å². The van der Waals surface area contributed by atoms with Crippen molar-refractivity contribution >= 4 is 23.2 Å². The SMILES string of the molecule is CCCCCCCCC(=O)N(CC(=O)N1CCc2sccc2C1c1ccccc1)C(C)CC. The maximum Gasteiger partial charge on any atom is 0.243 e. The van der Waals surface area contributed by atoms with Gasteiger partial charge in [-0.05, 0) is 48.8 Å². The van der Waals surface area contributed by atoms with Gasteiger partial charge in [0.25, 0.3) is 0 Å². The fourth-order valence-electron chi connectivity index (χ4n) is 4.73. The van der Waals surface area contributed by atoms with Gasteiger partial charge in [-0.1, -0.05) is 76.3 Å². The van der Waals surface area contributed by atoms with Gasteiger partial charge in [-0.25, -0.2) is 0 Å². The third kappa shape index (κ3) is 6.69. The summed E-state index contributed by atoms with van der Waals surface area (Å²) in [7, 11) is 0. The van der Waals surface area contributed by atoms with Crippen molar-refractivity contribution < 1.29 is 9.59 Å². The third-order valence-corrected chi connectivity index (χ3v) is 7.89. The molecule has 5 heteroatoms. The predicted molar refractivity (Wildman–Crippen MR) is 137 cm³/mol. The highest BCUT2D eigenvalue weighted by molar-refractivity contribution is 7.10. The average molecular weight is 469 g/mol. The Morgan fingerprint density at radius 2 is 1.79 bits per heavy atom. The molecule has 0 aliphatic carbocycles. The molecule has 2 aromatic rings. The van der Waals surface area contributed by atoms with E-state index in [2.05, 4.69) is 44.4 Å². The van der Waals surface area contributed by atoms with Crippen molar-refractivity contribution in [2.45, 2.75) is 90.6 Å². The van der Waals surface area contributed by atoms with Crippen molar-refractivity contribution in [1.82, 2.24) is 9.80 Å². The average Bonchev–Trinajstić information content (AvgIpc) is 3.32. The third-order valence-electron chi connectivity index (χ3n) is 6.89. The molecule has 0 saturated carbocycles. The number of carbonyl (C=O) groups excluding carboxylic acids is 2. The molecule has 0 bridgehead atoms. The topological polar surface area (TPSA) is 40.6 Å².